The van der Waals surface area contributed by atoms with E-state index in [1.54, 1.807) is 13.8 Å². The van der Waals surface area contributed by atoms with Crippen LogP contribution in [0.5, 0.6) is 0 Å². The van der Waals surface area contributed by atoms with Crippen LogP contribution >= 0.6 is 0 Å². The van der Waals surface area contributed by atoms with Crippen LogP contribution < -0.4 is 0 Å². The lowest BCUT2D eigenvalue weighted by molar-refractivity contribution is -0.138. The highest BCUT2D eigenvalue weighted by molar-refractivity contribution is 5.97. The van der Waals surface area contributed by atoms with E-state index in [9.17, 15) is 22.8 Å². The van der Waals surface area contributed by atoms with Gasteiger partial charge in [-0.3, -0.25) is 9.59 Å². The molecule has 0 aliphatic carbocycles. The number of alkyl halides is 3. The Morgan fingerprint density at radius 3 is 2.56 bits per heavy atom. The molecule has 1 N–H and O–H groups in total. The lowest BCUT2D eigenvalue weighted by Crippen LogP contribution is -2.42. The second-order valence-corrected chi connectivity index (χ2v) is 6.19. The van der Waals surface area contributed by atoms with Gasteiger partial charge in [-0.2, -0.15) is 18.3 Å². The minimum Gasteiger partial charge on any atom is -0.480 e. The van der Waals surface area contributed by atoms with Crippen LogP contribution in [0.4, 0.5) is 13.2 Å². The molecule has 0 saturated carbocycles. The number of carboxylic acids is 1. The number of carbonyl (C=O) groups excluding carboxylic acids is 1. The molecule has 1 atom stereocenters. The molecule has 1 aromatic heterocycles. The van der Waals surface area contributed by atoms with Crippen molar-refractivity contribution in [2.75, 3.05) is 6.54 Å². The van der Waals surface area contributed by atoms with Gasteiger partial charge in [-0.1, -0.05) is 13.0 Å². The number of benzene rings is 1. The third kappa shape index (κ3) is 4.47. The maximum absolute atomic E-state index is 12.9. The highest BCUT2D eigenvalue weighted by atomic mass is 19.4. The fourth-order valence-corrected chi connectivity index (χ4v) is 2.64. The van der Waals surface area contributed by atoms with Gasteiger partial charge in [0, 0.05) is 6.04 Å². The molecule has 2 rings (SSSR count). The third-order valence-electron chi connectivity index (χ3n) is 4.35. The van der Waals surface area contributed by atoms with Gasteiger partial charge in [0.2, 0.25) is 0 Å². The molecular weight excluding hydrogens is 363 g/mol. The monoisotopic (exact) mass is 383 g/mol. The molecule has 1 aromatic carbocycles. The maximum Gasteiger partial charge on any atom is 0.416 e. The Kier molecular flexibility index (Phi) is 5.92. The summed E-state index contributed by atoms with van der Waals surface area (Å²) in [7, 11) is 0. The van der Waals surface area contributed by atoms with Crippen LogP contribution in [0.2, 0.25) is 0 Å². The molecule has 146 valence electrons. The summed E-state index contributed by atoms with van der Waals surface area (Å²) in [4.78, 5) is 25.1. The van der Waals surface area contributed by atoms with Crippen LogP contribution in [0.1, 0.15) is 41.9 Å². The fraction of sp³-hybridized carbons (Fsp3) is 0.389. The lowest BCUT2D eigenvalue weighted by Gasteiger charge is -2.26. The van der Waals surface area contributed by atoms with E-state index in [2.05, 4.69) is 5.10 Å². The van der Waals surface area contributed by atoms with Crippen LogP contribution in [0, 0.1) is 6.92 Å². The fourth-order valence-electron chi connectivity index (χ4n) is 2.64. The zero-order valence-corrected chi connectivity index (χ0v) is 15.1. The number of rotatable bonds is 6. The van der Waals surface area contributed by atoms with Crippen molar-refractivity contribution in [1.29, 1.82) is 0 Å². The Labute approximate surface area is 154 Å². The van der Waals surface area contributed by atoms with Gasteiger partial charge in [0.25, 0.3) is 5.91 Å². The predicted molar refractivity (Wildman–Crippen MR) is 91.7 cm³/mol. The van der Waals surface area contributed by atoms with Gasteiger partial charge in [0.15, 0.2) is 0 Å². The van der Waals surface area contributed by atoms with E-state index < -0.39 is 30.2 Å². The quantitative estimate of drug-likeness (QED) is 0.828. The highest BCUT2D eigenvalue weighted by Gasteiger charge is 2.31. The first-order valence-corrected chi connectivity index (χ1v) is 8.31. The first kappa shape index (κ1) is 20.5. The van der Waals surface area contributed by atoms with Gasteiger partial charge < -0.3 is 10.0 Å². The summed E-state index contributed by atoms with van der Waals surface area (Å²) in [6.45, 7) is 4.64. The summed E-state index contributed by atoms with van der Waals surface area (Å²) < 4.78 is 40.0. The minimum absolute atomic E-state index is 0.147. The molecule has 27 heavy (non-hydrogen) atoms. The number of aromatic nitrogens is 2. The van der Waals surface area contributed by atoms with Crippen LogP contribution in [0.15, 0.2) is 30.5 Å². The number of hydrogen-bond acceptors (Lipinski definition) is 3. The third-order valence-corrected chi connectivity index (χ3v) is 4.35. The number of amides is 1. The van der Waals surface area contributed by atoms with Crippen molar-refractivity contribution >= 4 is 11.9 Å². The standard InChI is InChI=1S/C18H20F3N3O3/c1-4-11(2)23(10-16(25)26)17(27)15-9-22-24(12(15)3)14-7-5-6-13(8-14)18(19,20)21/h5-9,11H,4,10H2,1-3H3,(H,25,26). The molecule has 1 amide bonds. The van der Waals surface area contributed by atoms with Gasteiger partial charge >= 0.3 is 12.1 Å². The zero-order chi connectivity index (χ0) is 20.4. The Bertz CT molecular complexity index is 846. The van der Waals surface area contributed by atoms with Crippen LogP contribution in [-0.2, 0) is 11.0 Å². The smallest absolute Gasteiger partial charge is 0.416 e. The Morgan fingerprint density at radius 2 is 2.00 bits per heavy atom. The summed E-state index contributed by atoms with van der Waals surface area (Å²) >= 11 is 0. The second kappa shape index (κ2) is 7.81. The van der Waals surface area contributed by atoms with Crippen LogP contribution in [0.3, 0.4) is 0 Å². The minimum atomic E-state index is -4.50. The van der Waals surface area contributed by atoms with Crippen molar-refractivity contribution < 1.29 is 27.9 Å². The van der Waals surface area contributed by atoms with Crippen molar-refractivity contribution in [2.45, 2.75) is 39.4 Å². The second-order valence-electron chi connectivity index (χ2n) is 6.19. The lowest BCUT2D eigenvalue weighted by atomic mass is 10.1. The molecule has 0 spiro atoms. The van der Waals surface area contributed by atoms with Crippen molar-refractivity contribution in [3.05, 3.63) is 47.3 Å². The van der Waals surface area contributed by atoms with E-state index in [-0.39, 0.29) is 17.3 Å². The normalized spacial score (nSPS) is 12.7. The van der Waals surface area contributed by atoms with E-state index in [4.69, 9.17) is 5.11 Å². The molecule has 6 nitrogen and oxygen atoms in total. The summed E-state index contributed by atoms with van der Waals surface area (Å²) in [5.74, 6) is -1.67. The molecule has 0 fully saturated rings. The van der Waals surface area contributed by atoms with Crippen LogP contribution in [-0.4, -0.2) is 44.3 Å². The number of aliphatic carboxylic acids is 1. The Morgan fingerprint density at radius 1 is 1.33 bits per heavy atom. The SMILES string of the molecule is CCC(C)N(CC(=O)O)C(=O)c1cnn(-c2cccc(C(F)(F)F)c2)c1C. The van der Waals surface area contributed by atoms with Crippen molar-refractivity contribution in [3.8, 4) is 5.69 Å². The topological polar surface area (TPSA) is 75.4 Å². The first-order chi connectivity index (χ1) is 12.6. The number of hydrogen-bond donors (Lipinski definition) is 1. The maximum atomic E-state index is 12.9. The van der Waals surface area contributed by atoms with Crippen molar-refractivity contribution in [2.24, 2.45) is 0 Å². The molecule has 0 saturated heterocycles. The van der Waals surface area contributed by atoms with Gasteiger partial charge in [0.05, 0.1) is 28.7 Å². The number of carbonyl (C=O) groups is 2. The van der Waals surface area contributed by atoms with Crippen LogP contribution in [0.25, 0.3) is 5.69 Å². The largest absolute Gasteiger partial charge is 0.480 e. The number of carboxylic acid groups (broad SMARTS) is 1. The summed E-state index contributed by atoms with van der Waals surface area (Å²) in [5, 5.41) is 13.1. The van der Waals surface area contributed by atoms with Gasteiger partial charge in [-0.25, -0.2) is 4.68 Å². The summed E-state index contributed by atoms with van der Waals surface area (Å²) in [6, 6.07) is 4.29. The zero-order valence-electron chi connectivity index (χ0n) is 15.1. The van der Waals surface area contributed by atoms with E-state index in [1.807, 2.05) is 6.92 Å². The first-order valence-electron chi connectivity index (χ1n) is 8.31. The highest BCUT2D eigenvalue weighted by Crippen LogP contribution is 2.30. The molecular formula is C18H20F3N3O3. The average molecular weight is 383 g/mol. The average Bonchev–Trinajstić information content (AvgIpc) is 2.99. The van der Waals surface area contributed by atoms with E-state index >= 15 is 0 Å². The molecule has 0 radical (unpaired) electrons. The molecule has 0 aliphatic rings. The van der Waals surface area contributed by atoms with E-state index in [0.29, 0.717) is 12.1 Å². The number of halogens is 3. The predicted octanol–water partition coefficient (Wildman–Crippen LogP) is 3.52. The van der Waals surface area contributed by atoms with Crippen molar-refractivity contribution in [1.82, 2.24) is 14.7 Å². The van der Waals surface area contributed by atoms with E-state index in [0.717, 1.165) is 12.1 Å². The number of nitrogens with zero attached hydrogens (tertiary/aromatic N) is 3. The molecule has 1 heterocycles. The Balaban J connectivity index is 2.42. The van der Waals surface area contributed by atoms with Gasteiger partial charge in [0.1, 0.15) is 6.54 Å². The van der Waals surface area contributed by atoms with Crippen molar-refractivity contribution in [3.63, 3.8) is 0 Å². The summed E-state index contributed by atoms with van der Waals surface area (Å²) in [5.41, 5.74) is -0.184. The molecule has 1 unspecified atom stereocenters. The molecule has 0 bridgehead atoms. The molecule has 2 aromatic rings. The van der Waals surface area contributed by atoms with Gasteiger partial charge in [-0.05, 0) is 38.5 Å². The molecule has 9 heteroatoms. The molecule has 0 aliphatic heterocycles. The summed E-state index contributed by atoms with van der Waals surface area (Å²) in [6.07, 6.45) is -2.69. The van der Waals surface area contributed by atoms with Gasteiger partial charge in [-0.15, -0.1) is 0 Å². The Hall–Kier alpha value is -2.84. The van der Waals surface area contributed by atoms with E-state index in [1.165, 1.54) is 27.9 Å².